The number of carbonyl (C=O) groups is 2. The quantitative estimate of drug-likeness (QED) is 0.469. The maximum atomic E-state index is 12.4. The van der Waals surface area contributed by atoms with Gasteiger partial charge in [-0.3, -0.25) is 4.79 Å². The highest BCUT2D eigenvalue weighted by Crippen LogP contribution is 2.24. The average molecular weight is 366 g/mol. The molecule has 0 radical (unpaired) electrons. The number of nitrogens with zero attached hydrogens (tertiary/aromatic N) is 2. The van der Waals surface area contributed by atoms with Gasteiger partial charge in [0.25, 0.3) is 5.91 Å². The van der Waals surface area contributed by atoms with E-state index in [1.165, 1.54) is 13.2 Å². The first kappa shape index (κ1) is 18.4. The van der Waals surface area contributed by atoms with Crippen LogP contribution in [0.4, 0.5) is 0 Å². The van der Waals surface area contributed by atoms with Gasteiger partial charge in [0.2, 0.25) is 0 Å². The van der Waals surface area contributed by atoms with Crippen molar-refractivity contribution < 1.29 is 23.5 Å². The van der Waals surface area contributed by atoms with Crippen LogP contribution in [0.5, 0.6) is 0 Å². The maximum Gasteiger partial charge on any atom is 0.337 e. The summed E-state index contributed by atoms with van der Waals surface area (Å²) >= 11 is 0. The number of furan rings is 1. The van der Waals surface area contributed by atoms with Gasteiger partial charge in [-0.15, -0.1) is 0 Å². The Bertz CT molecular complexity index is 899. The molecule has 3 rings (SSSR count). The topological polar surface area (TPSA) is 92.8 Å². The van der Waals surface area contributed by atoms with Crippen LogP contribution >= 0.6 is 0 Å². The summed E-state index contributed by atoms with van der Waals surface area (Å²) in [6, 6.07) is 12.1. The zero-order chi connectivity index (χ0) is 19.2. The third kappa shape index (κ3) is 4.25. The molecule has 1 aromatic heterocycles. The maximum absolute atomic E-state index is 12.4. The second-order valence-electron chi connectivity index (χ2n) is 5.85. The van der Waals surface area contributed by atoms with E-state index in [-0.39, 0.29) is 11.5 Å². The highest BCUT2D eigenvalue weighted by atomic mass is 16.5. The van der Waals surface area contributed by atoms with Crippen LogP contribution in [0.25, 0.3) is 17.4 Å². The SMILES string of the molecule is COC(=O)c1ccc(-c2ccc(/C=C(\C#N)C(=O)N3CCOCC3)o2)cc1. The van der Waals surface area contributed by atoms with Crippen molar-refractivity contribution in [2.45, 2.75) is 0 Å². The Morgan fingerprint density at radius 3 is 2.48 bits per heavy atom. The molecule has 0 saturated carbocycles. The first-order chi connectivity index (χ1) is 13.1. The number of nitriles is 1. The average Bonchev–Trinajstić information content (AvgIpc) is 3.20. The van der Waals surface area contributed by atoms with E-state index in [0.717, 1.165) is 5.56 Å². The molecule has 2 aromatic rings. The molecular formula is C20H18N2O5. The summed E-state index contributed by atoms with van der Waals surface area (Å²) in [6.07, 6.45) is 1.43. The molecule has 1 aliphatic rings. The van der Waals surface area contributed by atoms with E-state index in [1.807, 2.05) is 6.07 Å². The number of rotatable bonds is 4. The van der Waals surface area contributed by atoms with Crippen molar-refractivity contribution in [1.29, 1.82) is 5.26 Å². The Kier molecular flexibility index (Phi) is 5.69. The first-order valence-corrected chi connectivity index (χ1v) is 8.40. The Morgan fingerprint density at radius 1 is 1.15 bits per heavy atom. The lowest BCUT2D eigenvalue weighted by molar-refractivity contribution is -0.130. The Hall–Kier alpha value is -3.37. The third-order valence-corrected chi connectivity index (χ3v) is 4.15. The van der Waals surface area contributed by atoms with E-state index >= 15 is 0 Å². The number of morpholine rings is 1. The zero-order valence-electron chi connectivity index (χ0n) is 14.8. The van der Waals surface area contributed by atoms with Gasteiger partial charge in [-0.1, -0.05) is 12.1 Å². The molecule has 0 aliphatic carbocycles. The Morgan fingerprint density at radius 2 is 1.85 bits per heavy atom. The van der Waals surface area contributed by atoms with Crippen LogP contribution in [-0.4, -0.2) is 50.2 Å². The lowest BCUT2D eigenvalue weighted by Gasteiger charge is -2.26. The third-order valence-electron chi connectivity index (χ3n) is 4.15. The summed E-state index contributed by atoms with van der Waals surface area (Å²) in [7, 11) is 1.33. The molecule has 1 fully saturated rings. The normalized spacial score (nSPS) is 14.5. The van der Waals surface area contributed by atoms with Crippen molar-refractivity contribution in [3.63, 3.8) is 0 Å². The van der Waals surface area contributed by atoms with Crippen LogP contribution in [0.15, 0.2) is 46.4 Å². The van der Waals surface area contributed by atoms with Gasteiger partial charge in [-0.2, -0.15) is 5.26 Å². The lowest BCUT2D eigenvalue weighted by atomic mass is 10.1. The Labute approximate surface area is 156 Å². The monoisotopic (exact) mass is 366 g/mol. The van der Waals surface area contributed by atoms with Crippen molar-refractivity contribution in [2.24, 2.45) is 0 Å². The van der Waals surface area contributed by atoms with Gasteiger partial charge in [-0.25, -0.2) is 4.79 Å². The fourth-order valence-corrected chi connectivity index (χ4v) is 2.69. The number of hydrogen-bond donors (Lipinski definition) is 0. The molecule has 0 unspecified atom stereocenters. The molecule has 138 valence electrons. The molecule has 0 atom stereocenters. The molecule has 0 bridgehead atoms. The van der Waals surface area contributed by atoms with Gasteiger partial charge in [0.05, 0.1) is 25.9 Å². The molecule has 1 amide bonds. The molecule has 27 heavy (non-hydrogen) atoms. The predicted molar refractivity (Wildman–Crippen MR) is 96.5 cm³/mol. The standard InChI is InChI=1S/C20H18N2O5/c1-25-20(24)15-4-2-14(3-5-15)18-7-6-17(27-18)12-16(13-21)19(23)22-8-10-26-11-9-22/h2-7,12H,8-11H2,1H3/b16-12+. The van der Waals surface area contributed by atoms with Crippen LogP contribution < -0.4 is 0 Å². The van der Waals surface area contributed by atoms with Crippen molar-refractivity contribution in [3.8, 4) is 17.4 Å². The summed E-state index contributed by atoms with van der Waals surface area (Å²) in [5.41, 5.74) is 1.22. The second-order valence-corrected chi connectivity index (χ2v) is 5.85. The Balaban J connectivity index is 1.77. The highest BCUT2D eigenvalue weighted by molar-refractivity contribution is 6.01. The summed E-state index contributed by atoms with van der Waals surface area (Å²) in [5, 5.41) is 9.34. The van der Waals surface area contributed by atoms with Gasteiger partial charge >= 0.3 is 5.97 Å². The van der Waals surface area contributed by atoms with E-state index in [9.17, 15) is 14.9 Å². The largest absolute Gasteiger partial charge is 0.465 e. The van der Waals surface area contributed by atoms with Crippen LogP contribution in [0.3, 0.4) is 0 Å². The summed E-state index contributed by atoms with van der Waals surface area (Å²) in [6.45, 7) is 1.87. The zero-order valence-corrected chi connectivity index (χ0v) is 14.8. The molecule has 1 aromatic carbocycles. The van der Waals surface area contributed by atoms with Gasteiger partial charge in [0, 0.05) is 24.7 Å². The van der Waals surface area contributed by atoms with Crippen LogP contribution in [-0.2, 0) is 14.3 Å². The number of carbonyl (C=O) groups excluding carboxylic acids is 2. The number of benzene rings is 1. The van der Waals surface area contributed by atoms with Crippen LogP contribution in [0.1, 0.15) is 16.1 Å². The molecule has 0 N–H and O–H groups in total. The highest BCUT2D eigenvalue weighted by Gasteiger charge is 2.21. The number of amides is 1. The number of ether oxygens (including phenoxy) is 2. The van der Waals surface area contributed by atoms with Crippen molar-refractivity contribution >= 4 is 18.0 Å². The minimum atomic E-state index is -0.412. The fourth-order valence-electron chi connectivity index (χ4n) is 2.69. The molecule has 2 heterocycles. The van der Waals surface area contributed by atoms with E-state index in [4.69, 9.17) is 9.15 Å². The minimum absolute atomic E-state index is 0.0128. The summed E-state index contributed by atoms with van der Waals surface area (Å²) in [4.78, 5) is 25.5. The first-order valence-electron chi connectivity index (χ1n) is 8.40. The van der Waals surface area contributed by atoms with Gasteiger partial charge in [-0.05, 0) is 24.3 Å². The van der Waals surface area contributed by atoms with Crippen molar-refractivity contribution in [1.82, 2.24) is 4.90 Å². The van der Waals surface area contributed by atoms with Crippen LogP contribution in [0, 0.1) is 11.3 Å². The van der Waals surface area contributed by atoms with E-state index in [0.29, 0.717) is 43.4 Å². The lowest BCUT2D eigenvalue weighted by Crippen LogP contribution is -2.41. The number of esters is 1. The van der Waals surface area contributed by atoms with E-state index in [2.05, 4.69) is 4.74 Å². The van der Waals surface area contributed by atoms with Gasteiger partial charge < -0.3 is 18.8 Å². The molecule has 1 saturated heterocycles. The molecule has 7 nitrogen and oxygen atoms in total. The smallest absolute Gasteiger partial charge is 0.337 e. The van der Waals surface area contributed by atoms with E-state index in [1.54, 1.807) is 41.3 Å². The van der Waals surface area contributed by atoms with Gasteiger partial charge in [0.1, 0.15) is 23.2 Å². The summed E-state index contributed by atoms with van der Waals surface area (Å²) in [5.74, 6) is 0.222. The minimum Gasteiger partial charge on any atom is -0.465 e. The van der Waals surface area contributed by atoms with Crippen LogP contribution in [0.2, 0.25) is 0 Å². The molecule has 7 heteroatoms. The predicted octanol–water partition coefficient (Wildman–Crippen LogP) is 2.50. The molecular weight excluding hydrogens is 348 g/mol. The second kappa shape index (κ2) is 8.34. The molecule has 0 spiro atoms. The molecule has 1 aliphatic heterocycles. The number of hydrogen-bond acceptors (Lipinski definition) is 6. The summed E-state index contributed by atoms with van der Waals surface area (Å²) < 4.78 is 15.6. The van der Waals surface area contributed by atoms with Crippen molar-refractivity contribution in [2.75, 3.05) is 33.4 Å². The fraction of sp³-hybridized carbons (Fsp3) is 0.250. The van der Waals surface area contributed by atoms with Gasteiger partial charge in [0.15, 0.2) is 0 Å². The van der Waals surface area contributed by atoms with E-state index < -0.39 is 5.97 Å². The van der Waals surface area contributed by atoms with Crippen molar-refractivity contribution in [3.05, 3.63) is 53.3 Å². The number of methoxy groups -OCH3 is 1.